The van der Waals surface area contributed by atoms with Gasteiger partial charge in [-0.15, -0.1) is 0 Å². The summed E-state index contributed by atoms with van der Waals surface area (Å²) in [5.74, 6) is -2.28. The molecular weight excluding hydrogens is 875 g/mol. The van der Waals surface area contributed by atoms with Crippen LogP contribution >= 0.6 is 0 Å². The van der Waals surface area contributed by atoms with Crippen molar-refractivity contribution in [3.63, 3.8) is 0 Å². The Kier molecular flexibility index (Phi) is 50.1. The fourth-order valence-electron chi connectivity index (χ4n) is 8.05. The minimum Gasteiger partial charge on any atom is -0.545 e. The van der Waals surface area contributed by atoms with Gasteiger partial charge in [-0.1, -0.05) is 222 Å². The molecule has 9 heteroatoms. The van der Waals surface area contributed by atoms with Crippen LogP contribution in [0.5, 0.6) is 0 Å². The lowest BCUT2D eigenvalue weighted by molar-refractivity contribution is -0.870. The summed E-state index contributed by atoms with van der Waals surface area (Å²) in [5, 5.41) is 11.8. The van der Waals surface area contributed by atoms with E-state index < -0.39 is 24.3 Å². The smallest absolute Gasteiger partial charge is 0.306 e. The number of aliphatic carboxylic acids is 1. The van der Waals surface area contributed by atoms with Crippen molar-refractivity contribution in [3.05, 3.63) is 60.8 Å². The molecule has 0 aromatic rings. The molecule has 0 amide bonds. The molecule has 0 aromatic carbocycles. The normalized spacial score (nSPS) is 13.2. The molecule has 0 aromatic heterocycles. The molecule has 0 radical (unpaired) electrons. The average Bonchev–Trinajstić information content (AvgIpc) is 3.33. The van der Waals surface area contributed by atoms with Crippen LogP contribution in [-0.2, 0) is 33.3 Å². The third-order valence-electron chi connectivity index (χ3n) is 12.5. The van der Waals surface area contributed by atoms with Crippen LogP contribution < -0.4 is 5.11 Å². The maximum atomic E-state index is 12.9. The van der Waals surface area contributed by atoms with Gasteiger partial charge < -0.3 is 33.3 Å². The molecule has 2 unspecified atom stereocenters. The van der Waals surface area contributed by atoms with Gasteiger partial charge in [-0.2, -0.15) is 0 Å². The molecule has 0 saturated carbocycles. The van der Waals surface area contributed by atoms with Gasteiger partial charge in [-0.05, 0) is 77.0 Å². The number of hydrogen-bond donors (Lipinski definition) is 0. The molecule has 0 spiro atoms. The lowest BCUT2D eigenvalue weighted by Crippen LogP contribution is -2.44. The fourth-order valence-corrected chi connectivity index (χ4v) is 8.05. The number of carboxylic acid groups (broad SMARTS) is 1. The number of likely N-dealkylation sites (N-methyl/N-ethyl adjacent to an activating group) is 1. The predicted molar refractivity (Wildman–Crippen MR) is 292 cm³/mol. The van der Waals surface area contributed by atoms with E-state index in [2.05, 4.69) is 74.6 Å². The summed E-state index contributed by atoms with van der Waals surface area (Å²) in [7, 11) is 5.92. The summed E-state index contributed by atoms with van der Waals surface area (Å²) in [6.45, 7) is 4.65. The van der Waals surface area contributed by atoms with Gasteiger partial charge in [-0.3, -0.25) is 9.59 Å². The molecule has 0 bridgehead atoms. The van der Waals surface area contributed by atoms with Crippen LogP contribution in [0.2, 0.25) is 0 Å². The van der Waals surface area contributed by atoms with E-state index in [0.717, 1.165) is 70.6 Å². The van der Waals surface area contributed by atoms with Crippen LogP contribution in [0.25, 0.3) is 0 Å². The summed E-state index contributed by atoms with van der Waals surface area (Å²) < 4.78 is 22.7. The van der Waals surface area contributed by atoms with E-state index in [-0.39, 0.29) is 38.6 Å². The second-order valence-electron chi connectivity index (χ2n) is 20.5. The zero-order valence-corrected chi connectivity index (χ0v) is 46.1. The maximum absolute atomic E-state index is 12.9. The lowest BCUT2D eigenvalue weighted by Gasteiger charge is -2.26. The Hall–Kier alpha value is -3.01. The highest BCUT2D eigenvalue weighted by Gasteiger charge is 2.22. The highest BCUT2D eigenvalue weighted by molar-refractivity contribution is 5.70. The van der Waals surface area contributed by atoms with Crippen molar-refractivity contribution in [2.45, 2.75) is 264 Å². The second kappa shape index (κ2) is 52.3. The number of nitrogens with zero attached hydrogens (tertiary/aromatic N) is 1. The third kappa shape index (κ3) is 52.8. The van der Waals surface area contributed by atoms with Crippen LogP contribution in [0.4, 0.5) is 0 Å². The Bertz CT molecular complexity index is 1330. The van der Waals surface area contributed by atoms with Crippen molar-refractivity contribution < 1.29 is 42.9 Å². The minimum atomic E-state index is -1.62. The second-order valence-corrected chi connectivity index (χ2v) is 20.5. The van der Waals surface area contributed by atoms with E-state index in [1.807, 2.05) is 21.1 Å². The third-order valence-corrected chi connectivity index (χ3v) is 12.5. The maximum Gasteiger partial charge on any atom is 0.306 e. The molecule has 406 valence electrons. The summed E-state index contributed by atoms with van der Waals surface area (Å²) in [6.07, 6.45) is 62.6. The molecule has 2 atom stereocenters. The van der Waals surface area contributed by atoms with Crippen LogP contribution in [0, 0.1) is 0 Å². The van der Waals surface area contributed by atoms with Crippen LogP contribution in [0.1, 0.15) is 251 Å². The van der Waals surface area contributed by atoms with Crippen molar-refractivity contribution in [1.82, 2.24) is 0 Å². The average molecular weight is 985 g/mol. The molecule has 0 rings (SSSR count). The highest BCUT2D eigenvalue weighted by Crippen LogP contribution is 2.16. The Morgan fingerprint density at radius 2 is 0.814 bits per heavy atom. The Morgan fingerprint density at radius 1 is 0.443 bits per heavy atom. The topological polar surface area (TPSA) is 111 Å². The number of ether oxygens (including phenoxy) is 4. The van der Waals surface area contributed by atoms with E-state index in [1.165, 1.54) is 148 Å². The zero-order chi connectivity index (χ0) is 51.3. The molecule has 0 heterocycles. The monoisotopic (exact) mass is 984 g/mol. The van der Waals surface area contributed by atoms with Crippen LogP contribution in [-0.4, -0.2) is 82.3 Å². The van der Waals surface area contributed by atoms with Gasteiger partial charge in [-0.25, -0.2) is 0 Å². The van der Waals surface area contributed by atoms with Gasteiger partial charge >= 0.3 is 11.9 Å². The number of carbonyl (C=O) groups is 3. The fraction of sp³-hybridized carbons (Fsp3) is 0.787. The van der Waals surface area contributed by atoms with Gasteiger partial charge in [0.2, 0.25) is 0 Å². The molecule has 0 aliphatic carbocycles. The van der Waals surface area contributed by atoms with E-state index in [9.17, 15) is 19.5 Å². The van der Waals surface area contributed by atoms with Crippen molar-refractivity contribution >= 4 is 17.9 Å². The zero-order valence-electron chi connectivity index (χ0n) is 46.1. The molecule has 0 N–H and O–H groups in total. The number of unbranched alkanes of at least 4 members (excludes halogenated alkanes) is 28. The molecular formula is C61H109NO8. The largest absolute Gasteiger partial charge is 0.545 e. The van der Waals surface area contributed by atoms with Gasteiger partial charge in [0.25, 0.3) is 0 Å². The Morgan fingerprint density at radius 3 is 1.23 bits per heavy atom. The SMILES string of the molecule is CC/C=C\C/C=C\C/C=C\C/C=C\CCCCCCCCCCCCCCCCC(=O)OC(COC(=O)CCCCCCCCC/C=C\CCCCCCCCC)COC(OCC[N+](C)(C)C)C(=O)[O-]. The molecule has 0 saturated heterocycles. The number of quaternary nitrogens is 1. The first-order valence-electron chi connectivity index (χ1n) is 28.9. The van der Waals surface area contributed by atoms with Gasteiger partial charge in [0.1, 0.15) is 13.2 Å². The molecule has 0 fully saturated rings. The highest BCUT2D eigenvalue weighted by atomic mass is 16.7. The van der Waals surface area contributed by atoms with Crippen molar-refractivity contribution in [2.24, 2.45) is 0 Å². The van der Waals surface area contributed by atoms with Gasteiger partial charge in [0, 0.05) is 12.8 Å². The summed E-state index contributed by atoms with van der Waals surface area (Å²) in [6, 6.07) is 0. The van der Waals surface area contributed by atoms with E-state index >= 15 is 0 Å². The van der Waals surface area contributed by atoms with Crippen LogP contribution in [0.15, 0.2) is 60.8 Å². The number of carbonyl (C=O) groups excluding carboxylic acids is 3. The molecule has 9 nitrogen and oxygen atoms in total. The quantitative estimate of drug-likeness (QED) is 0.0195. The minimum absolute atomic E-state index is 0.146. The lowest BCUT2D eigenvalue weighted by atomic mass is 10.0. The molecule has 0 aliphatic rings. The summed E-state index contributed by atoms with van der Waals surface area (Å²) in [4.78, 5) is 37.3. The van der Waals surface area contributed by atoms with E-state index in [0.29, 0.717) is 17.4 Å². The standard InChI is InChI=1S/C61H109NO8/c1-6-8-10-12-14-16-18-20-22-24-26-27-28-29-30-31-32-33-34-36-38-40-42-44-46-48-50-52-59(64)70-57(56-69-61(60(65)66)67-54-53-62(3,4)5)55-68-58(63)51-49-47-45-43-41-39-37-35-25-23-21-19-17-15-13-11-9-7-2/h8,10,14,16,20,22-23,25-27,57,61H,6-7,9,11-13,15,17-19,21,24,28-56H2,1-5H3/b10-8-,16-14-,22-20-,25-23-,27-26-. The number of carboxylic acids is 1. The number of esters is 2. The van der Waals surface area contributed by atoms with Crippen molar-refractivity contribution in [3.8, 4) is 0 Å². The molecule has 70 heavy (non-hydrogen) atoms. The number of hydrogen-bond acceptors (Lipinski definition) is 8. The van der Waals surface area contributed by atoms with Gasteiger partial charge in [0.15, 0.2) is 12.4 Å². The first kappa shape index (κ1) is 67.0. The summed E-state index contributed by atoms with van der Waals surface area (Å²) in [5.41, 5.74) is 0. The first-order chi connectivity index (χ1) is 34.1. The number of allylic oxidation sites excluding steroid dienone is 10. The first-order valence-corrected chi connectivity index (χ1v) is 28.9. The van der Waals surface area contributed by atoms with E-state index in [4.69, 9.17) is 18.9 Å². The predicted octanol–water partition coefficient (Wildman–Crippen LogP) is 15.5. The van der Waals surface area contributed by atoms with Gasteiger partial charge in [0.05, 0.1) is 40.3 Å². The Labute approximate surface area is 431 Å². The van der Waals surface area contributed by atoms with E-state index in [1.54, 1.807) is 0 Å². The Balaban J connectivity index is 4.22. The van der Waals surface area contributed by atoms with Crippen molar-refractivity contribution in [1.29, 1.82) is 0 Å². The van der Waals surface area contributed by atoms with Crippen molar-refractivity contribution in [2.75, 3.05) is 47.5 Å². The summed E-state index contributed by atoms with van der Waals surface area (Å²) >= 11 is 0. The molecule has 0 aliphatic heterocycles. The number of rotatable bonds is 53. The van der Waals surface area contributed by atoms with Crippen LogP contribution in [0.3, 0.4) is 0 Å².